The highest BCUT2D eigenvalue weighted by molar-refractivity contribution is 6.26. The first-order chi connectivity index (χ1) is 19.8. The Morgan fingerprint density at radius 3 is 1.43 bits per heavy atom. The van der Waals surface area contributed by atoms with Gasteiger partial charge in [0.15, 0.2) is 0 Å². The minimum Gasteiger partial charge on any atom is -0.265 e. The van der Waals surface area contributed by atoms with Crippen molar-refractivity contribution in [1.82, 2.24) is 9.97 Å². The van der Waals surface area contributed by atoms with Crippen LogP contribution in [0, 0.1) is 0 Å². The van der Waals surface area contributed by atoms with E-state index in [0.717, 1.165) is 0 Å². The van der Waals surface area contributed by atoms with Crippen LogP contribution in [0.5, 0.6) is 0 Å². The van der Waals surface area contributed by atoms with Gasteiger partial charge in [0.2, 0.25) is 0 Å². The van der Waals surface area contributed by atoms with Gasteiger partial charge in [-0.1, -0.05) is 60.7 Å². The Morgan fingerprint density at radius 2 is 0.800 bits per heavy atom. The van der Waals surface area contributed by atoms with Gasteiger partial charge >= 0.3 is 0 Å². The Kier molecular flexibility index (Phi) is 4.36. The number of hydrogen-bond donors (Lipinski definition) is 0. The molecule has 0 saturated carbocycles. The second kappa shape index (κ2) is 8.08. The molecule has 0 bridgehead atoms. The predicted molar refractivity (Wildman–Crippen MR) is 167 cm³/mol. The summed E-state index contributed by atoms with van der Waals surface area (Å²) < 4.78 is 0. The maximum absolute atomic E-state index is 4.31. The second-order valence-electron chi connectivity index (χ2n) is 10.6. The molecule has 2 heteroatoms. The van der Waals surface area contributed by atoms with E-state index in [9.17, 15) is 0 Å². The maximum Gasteiger partial charge on any atom is 0.0273 e. The number of nitrogens with zero attached hydrogens (tertiary/aromatic N) is 2. The van der Waals surface area contributed by atoms with E-state index in [1.165, 1.54) is 87.6 Å². The van der Waals surface area contributed by atoms with E-state index >= 15 is 0 Å². The second-order valence-corrected chi connectivity index (χ2v) is 10.6. The molecule has 0 saturated heterocycles. The number of fused-ring (bicyclic) bond motifs is 8. The Balaban J connectivity index is 1.49. The maximum atomic E-state index is 4.31. The number of hydrogen-bond acceptors (Lipinski definition) is 2. The third-order valence-electron chi connectivity index (χ3n) is 8.58. The standard InChI is InChI=1S/C38H22N2/c1-2-8-27-26(7-1)30(23-11-15-39-16-12-23)19-36-32(27)20-31(24-13-17-40-18-14-24)35-21-33-28-9-3-5-25-6-4-10-29(38(25)28)34(33)22-37(35)36/h1-22H. The highest BCUT2D eigenvalue weighted by atomic mass is 14.6. The van der Waals surface area contributed by atoms with Gasteiger partial charge in [-0.25, -0.2) is 0 Å². The number of aromatic nitrogens is 2. The molecule has 1 aliphatic carbocycles. The molecule has 0 aliphatic heterocycles. The van der Waals surface area contributed by atoms with Crippen molar-refractivity contribution in [3.8, 4) is 44.5 Å². The van der Waals surface area contributed by atoms with Gasteiger partial charge in [0.25, 0.3) is 0 Å². The topological polar surface area (TPSA) is 25.8 Å². The lowest BCUT2D eigenvalue weighted by atomic mass is 9.86. The smallest absolute Gasteiger partial charge is 0.0273 e. The van der Waals surface area contributed by atoms with E-state index in [1.807, 2.05) is 24.8 Å². The largest absolute Gasteiger partial charge is 0.265 e. The molecule has 2 heterocycles. The fourth-order valence-electron chi connectivity index (χ4n) is 6.82. The molecule has 0 N–H and O–H groups in total. The molecule has 184 valence electrons. The Hall–Kier alpha value is -5.34. The van der Waals surface area contributed by atoms with Gasteiger partial charge in [-0.2, -0.15) is 0 Å². The molecule has 40 heavy (non-hydrogen) atoms. The lowest BCUT2D eigenvalue weighted by Gasteiger charge is -2.17. The summed E-state index contributed by atoms with van der Waals surface area (Å²) in [5.74, 6) is 0. The molecule has 0 unspecified atom stereocenters. The van der Waals surface area contributed by atoms with Crippen molar-refractivity contribution in [3.63, 3.8) is 0 Å². The van der Waals surface area contributed by atoms with Gasteiger partial charge in [0.05, 0.1) is 0 Å². The Bertz CT molecular complexity index is 2300. The molecular weight excluding hydrogens is 484 g/mol. The zero-order chi connectivity index (χ0) is 26.2. The summed E-state index contributed by atoms with van der Waals surface area (Å²) in [7, 11) is 0. The summed E-state index contributed by atoms with van der Waals surface area (Å²) in [5, 5.41) is 10.2. The van der Waals surface area contributed by atoms with Crippen LogP contribution in [0.2, 0.25) is 0 Å². The van der Waals surface area contributed by atoms with Crippen molar-refractivity contribution in [2.75, 3.05) is 0 Å². The van der Waals surface area contributed by atoms with Gasteiger partial charge in [-0.3, -0.25) is 9.97 Å². The first kappa shape index (κ1) is 21.6. The summed E-state index contributed by atoms with van der Waals surface area (Å²) in [5.41, 5.74) is 10.1. The van der Waals surface area contributed by atoms with Crippen LogP contribution in [-0.2, 0) is 0 Å². The van der Waals surface area contributed by atoms with Crippen molar-refractivity contribution >= 4 is 43.1 Å². The van der Waals surface area contributed by atoms with E-state index < -0.39 is 0 Å². The fourth-order valence-corrected chi connectivity index (χ4v) is 6.82. The minimum atomic E-state index is 1.18. The summed E-state index contributed by atoms with van der Waals surface area (Å²) >= 11 is 0. The molecule has 0 radical (unpaired) electrons. The van der Waals surface area contributed by atoms with Crippen molar-refractivity contribution < 1.29 is 0 Å². The van der Waals surface area contributed by atoms with Gasteiger partial charge in [0.1, 0.15) is 0 Å². The van der Waals surface area contributed by atoms with E-state index in [-0.39, 0.29) is 0 Å². The van der Waals surface area contributed by atoms with Crippen LogP contribution >= 0.6 is 0 Å². The fraction of sp³-hybridized carbons (Fsp3) is 0. The highest BCUT2D eigenvalue weighted by Crippen LogP contribution is 2.51. The molecule has 2 nitrogen and oxygen atoms in total. The molecule has 0 atom stereocenters. The summed E-state index contributed by atoms with van der Waals surface area (Å²) in [6, 6.07) is 40.2. The van der Waals surface area contributed by atoms with Crippen LogP contribution in [0.25, 0.3) is 87.6 Å². The quantitative estimate of drug-likeness (QED) is 0.218. The number of rotatable bonds is 2. The first-order valence-corrected chi connectivity index (χ1v) is 13.6. The molecule has 9 rings (SSSR count). The molecule has 2 aromatic heterocycles. The van der Waals surface area contributed by atoms with Crippen LogP contribution in [0.3, 0.4) is 0 Å². The summed E-state index contributed by atoms with van der Waals surface area (Å²) in [6.07, 6.45) is 7.54. The summed E-state index contributed by atoms with van der Waals surface area (Å²) in [6.45, 7) is 0. The van der Waals surface area contributed by atoms with Crippen molar-refractivity contribution in [1.29, 1.82) is 0 Å². The van der Waals surface area contributed by atoms with E-state index in [4.69, 9.17) is 0 Å². The average Bonchev–Trinajstić information content (AvgIpc) is 3.34. The van der Waals surface area contributed by atoms with Crippen LogP contribution in [0.1, 0.15) is 0 Å². The molecular formula is C38H22N2. The minimum absolute atomic E-state index is 1.18. The van der Waals surface area contributed by atoms with Crippen LogP contribution in [-0.4, -0.2) is 9.97 Å². The lowest BCUT2D eigenvalue weighted by Crippen LogP contribution is -1.90. The molecule has 0 amide bonds. The van der Waals surface area contributed by atoms with Gasteiger partial charge in [-0.15, -0.1) is 0 Å². The Labute approximate surface area is 231 Å². The molecule has 1 aliphatic rings. The summed E-state index contributed by atoms with van der Waals surface area (Å²) in [4.78, 5) is 8.60. The van der Waals surface area contributed by atoms with E-state index in [2.05, 4.69) is 119 Å². The molecule has 6 aromatic carbocycles. The van der Waals surface area contributed by atoms with Crippen molar-refractivity contribution in [2.45, 2.75) is 0 Å². The van der Waals surface area contributed by atoms with Gasteiger partial charge < -0.3 is 0 Å². The van der Waals surface area contributed by atoms with Gasteiger partial charge in [0, 0.05) is 24.8 Å². The van der Waals surface area contributed by atoms with Crippen LogP contribution in [0.15, 0.2) is 134 Å². The normalized spacial score (nSPS) is 12.0. The predicted octanol–water partition coefficient (Wildman–Crippen LogP) is 10.1. The third-order valence-corrected chi connectivity index (χ3v) is 8.58. The third kappa shape index (κ3) is 2.93. The van der Waals surface area contributed by atoms with Crippen LogP contribution in [0.4, 0.5) is 0 Å². The highest BCUT2D eigenvalue weighted by Gasteiger charge is 2.24. The van der Waals surface area contributed by atoms with E-state index in [0.29, 0.717) is 0 Å². The first-order valence-electron chi connectivity index (χ1n) is 13.6. The average molecular weight is 507 g/mol. The van der Waals surface area contributed by atoms with Crippen molar-refractivity contribution in [3.05, 3.63) is 134 Å². The molecule has 0 spiro atoms. The van der Waals surface area contributed by atoms with E-state index in [1.54, 1.807) is 0 Å². The lowest BCUT2D eigenvalue weighted by molar-refractivity contribution is 1.33. The zero-order valence-corrected chi connectivity index (χ0v) is 21.6. The molecule has 0 fully saturated rings. The number of pyridine rings is 2. The zero-order valence-electron chi connectivity index (χ0n) is 21.6. The SMILES string of the molecule is c1cc2c3c(cccc3c1)-c1cc3c(cc1-2)c(-c1ccncc1)cc1c2ccccc2c(-c2ccncc2)cc31. The van der Waals surface area contributed by atoms with Gasteiger partial charge in [-0.05, 0) is 136 Å². The Morgan fingerprint density at radius 1 is 0.325 bits per heavy atom. The number of benzene rings is 6. The molecule has 8 aromatic rings. The van der Waals surface area contributed by atoms with Crippen LogP contribution < -0.4 is 0 Å². The van der Waals surface area contributed by atoms with Crippen molar-refractivity contribution in [2.24, 2.45) is 0 Å². The monoisotopic (exact) mass is 506 g/mol.